The van der Waals surface area contributed by atoms with Gasteiger partial charge in [-0.15, -0.1) is 0 Å². The van der Waals surface area contributed by atoms with Crippen molar-refractivity contribution in [1.82, 2.24) is 0 Å². The third-order valence-electron chi connectivity index (χ3n) is 3.98. The van der Waals surface area contributed by atoms with Gasteiger partial charge in [-0.05, 0) is 42.5 Å². The molecule has 0 atom stereocenters. The summed E-state index contributed by atoms with van der Waals surface area (Å²) in [6.45, 7) is 0.867. The minimum absolute atomic E-state index is 0.0120. The molecule has 0 aromatic heterocycles. The van der Waals surface area contributed by atoms with E-state index in [1.807, 2.05) is 0 Å². The van der Waals surface area contributed by atoms with Crippen LogP contribution >= 0.6 is 0 Å². The number of hydrogen-bond acceptors (Lipinski definition) is 6. The van der Waals surface area contributed by atoms with Crippen LogP contribution in [0.5, 0.6) is 0 Å². The first-order valence-corrected chi connectivity index (χ1v) is 9.58. The molecule has 0 radical (unpaired) electrons. The summed E-state index contributed by atoms with van der Waals surface area (Å²) in [5.74, 6) is -0.731. The smallest absolute Gasteiger partial charge is 0.337 e. The molecule has 0 aliphatic carbocycles. The maximum absolute atomic E-state index is 12.6. The summed E-state index contributed by atoms with van der Waals surface area (Å²) in [5, 5.41) is 0. The number of carbonyl (C=O) groups excluding carboxylic acids is 2. The largest absolute Gasteiger partial charge is 0.465 e. The van der Waals surface area contributed by atoms with Crippen LogP contribution in [0.1, 0.15) is 10.4 Å². The Labute approximate surface area is 156 Å². The molecule has 9 heteroatoms. The van der Waals surface area contributed by atoms with Crippen LogP contribution in [0.25, 0.3) is 0 Å². The van der Waals surface area contributed by atoms with Crippen molar-refractivity contribution >= 4 is 33.3 Å². The van der Waals surface area contributed by atoms with E-state index in [0.717, 1.165) is 0 Å². The molecule has 0 bridgehead atoms. The predicted molar refractivity (Wildman–Crippen MR) is 98.2 cm³/mol. The number of esters is 1. The highest BCUT2D eigenvalue weighted by Gasteiger charge is 2.21. The molecule has 1 aliphatic rings. The fourth-order valence-corrected chi connectivity index (χ4v) is 3.69. The minimum atomic E-state index is -3.85. The lowest BCUT2D eigenvalue weighted by molar-refractivity contribution is -0.125. The van der Waals surface area contributed by atoms with Gasteiger partial charge >= 0.3 is 5.97 Å². The Hall–Kier alpha value is -2.91. The molecule has 0 spiro atoms. The number of nitrogens with zero attached hydrogens (tertiary/aromatic N) is 1. The molecule has 1 N–H and O–H groups in total. The van der Waals surface area contributed by atoms with Crippen molar-refractivity contribution in [3.05, 3.63) is 54.1 Å². The zero-order valence-corrected chi connectivity index (χ0v) is 15.4. The highest BCUT2D eigenvalue weighted by molar-refractivity contribution is 7.92. The van der Waals surface area contributed by atoms with Crippen molar-refractivity contribution in [3.63, 3.8) is 0 Å². The Bertz CT molecular complexity index is 956. The van der Waals surface area contributed by atoms with Crippen LogP contribution in [0.2, 0.25) is 0 Å². The molecule has 1 amide bonds. The van der Waals surface area contributed by atoms with Gasteiger partial charge in [0.2, 0.25) is 0 Å². The van der Waals surface area contributed by atoms with E-state index in [9.17, 15) is 18.0 Å². The Morgan fingerprint density at radius 1 is 1.19 bits per heavy atom. The average molecular weight is 390 g/mol. The van der Waals surface area contributed by atoms with Gasteiger partial charge in [0.15, 0.2) is 0 Å². The fourth-order valence-electron chi connectivity index (χ4n) is 2.64. The summed E-state index contributed by atoms with van der Waals surface area (Å²) in [6, 6.07) is 12.0. The summed E-state index contributed by atoms with van der Waals surface area (Å²) in [7, 11) is -2.60. The van der Waals surface area contributed by atoms with E-state index in [0.29, 0.717) is 18.8 Å². The lowest BCUT2D eigenvalue weighted by Gasteiger charge is -2.26. The topological polar surface area (TPSA) is 102 Å². The second kappa shape index (κ2) is 7.77. The molecule has 8 nitrogen and oxygen atoms in total. The van der Waals surface area contributed by atoms with E-state index in [2.05, 4.69) is 9.46 Å². The molecule has 1 heterocycles. The highest BCUT2D eigenvalue weighted by Crippen LogP contribution is 2.22. The molecule has 1 fully saturated rings. The molecule has 3 rings (SSSR count). The number of rotatable bonds is 5. The standard InChI is InChI=1S/C18H18N2O6S/c1-25-18(22)13-3-2-4-14(11-13)19-27(23,24)16-7-5-15(6-8-16)20-9-10-26-12-17(20)21/h2-8,11,19H,9-10,12H2,1H3. The number of amides is 1. The van der Waals surface area contributed by atoms with E-state index < -0.39 is 16.0 Å². The van der Waals surface area contributed by atoms with E-state index in [-0.39, 0.29) is 28.7 Å². The monoisotopic (exact) mass is 390 g/mol. The quantitative estimate of drug-likeness (QED) is 0.779. The molecule has 1 aliphatic heterocycles. The number of carbonyl (C=O) groups is 2. The zero-order chi connectivity index (χ0) is 19.4. The number of morpholine rings is 1. The summed E-state index contributed by atoms with van der Waals surface area (Å²) < 4.78 is 37.3. The lowest BCUT2D eigenvalue weighted by atomic mass is 10.2. The summed E-state index contributed by atoms with van der Waals surface area (Å²) in [4.78, 5) is 25.0. The van der Waals surface area contributed by atoms with Crippen LogP contribution in [0.3, 0.4) is 0 Å². The average Bonchev–Trinajstić information content (AvgIpc) is 2.68. The third-order valence-corrected chi connectivity index (χ3v) is 5.38. The Kier molecular flexibility index (Phi) is 5.43. The second-order valence-corrected chi connectivity index (χ2v) is 7.45. The van der Waals surface area contributed by atoms with E-state index in [1.54, 1.807) is 23.1 Å². The van der Waals surface area contributed by atoms with Crippen LogP contribution in [-0.4, -0.2) is 47.2 Å². The van der Waals surface area contributed by atoms with Gasteiger partial charge in [0, 0.05) is 17.9 Å². The van der Waals surface area contributed by atoms with Crippen LogP contribution in [0, 0.1) is 0 Å². The van der Waals surface area contributed by atoms with Crippen molar-refractivity contribution in [2.45, 2.75) is 4.90 Å². The van der Waals surface area contributed by atoms with Crippen molar-refractivity contribution < 1.29 is 27.5 Å². The van der Waals surface area contributed by atoms with Gasteiger partial charge in [-0.2, -0.15) is 0 Å². The van der Waals surface area contributed by atoms with Crippen molar-refractivity contribution in [2.24, 2.45) is 0 Å². The van der Waals surface area contributed by atoms with Crippen molar-refractivity contribution in [1.29, 1.82) is 0 Å². The van der Waals surface area contributed by atoms with Gasteiger partial charge in [-0.25, -0.2) is 13.2 Å². The minimum Gasteiger partial charge on any atom is -0.465 e. The van der Waals surface area contributed by atoms with Gasteiger partial charge in [-0.3, -0.25) is 9.52 Å². The van der Waals surface area contributed by atoms with Crippen molar-refractivity contribution in [2.75, 3.05) is 36.5 Å². The van der Waals surface area contributed by atoms with Crippen molar-refractivity contribution in [3.8, 4) is 0 Å². The van der Waals surface area contributed by atoms with Gasteiger partial charge in [0.05, 0.1) is 24.2 Å². The Morgan fingerprint density at radius 2 is 1.93 bits per heavy atom. The van der Waals surface area contributed by atoms with Crippen LogP contribution < -0.4 is 9.62 Å². The SMILES string of the molecule is COC(=O)c1cccc(NS(=O)(=O)c2ccc(N3CCOCC3=O)cc2)c1. The van der Waals surface area contributed by atoms with Gasteiger partial charge in [0.1, 0.15) is 6.61 Å². The number of methoxy groups -OCH3 is 1. The highest BCUT2D eigenvalue weighted by atomic mass is 32.2. The first-order chi connectivity index (χ1) is 12.9. The maximum atomic E-state index is 12.6. The number of nitrogens with one attached hydrogen (secondary N) is 1. The molecule has 0 saturated carbocycles. The number of ether oxygens (including phenoxy) is 2. The summed E-state index contributed by atoms with van der Waals surface area (Å²) in [5.41, 5.74) is 1.08. The second-order valence-electron chi connectivity index (χ2n) is 5.77. The third kappa shape index (κ3) is 4.26. The predicted octanol–water partition coefficient (Wildman–Crippen LogP) is 1.64. The first kappa shape index (κ1) is 18.9. The summed E-state index contributed by atoms with van der Waals surface area (Å²) in [6.07, 6.45) is 0. The van der Waals surface area contributed by atoms with Gasteiger partial charge < -0.3 is 14.4 Å². The first-order valence-electron chi connectivity index (χ1n) is 8.10. The molecule has 2 aromatic rings. The lowest BCUT2D eigenvalue weighted by Crippen LogP contribution is -2.41. The van der Waals surface area contributed by atoms with Gasteiger partial charge in [0.25, 0.3) is 15.9 Å². The number of anilines is 2. The van der Waals surface area contributed by atoms with Gasteiger partial charge in [-0.1, -0.05) is 6.07 Å². The molecular weight excluding hydrogens is 372 g/mol. The number of hydrogen-bond donors (Lipinski definition) is 1. The molecular formula is C18H18N2O6S. The number of sulfonamides is 1. The normalized spacial score (nSPS) is 14.7. The fraction of sp³-hybridized carbons (Fsp3) is 0.222. The zero-order valence-electron chi connectivity index (χ0n) is 14.5. The number of benzene rings is 2. The summed E-state index contributed by atoms with van der Waals surface area (Å²) >= 11 is 0. The van der Waals surface area contributed by atoms with E-state index >= 15 is 0 Å². The van der Waals surface area contributed by atoms with Crippen LogP contribution in [-0.2, 0) is 24.3 Å². The molecule has 27 heavy (non-hydrogen) atoms. The van der Waals surface area contributed by atoms with E-state index in [4.69, 9.17) is 4.74 Å². The molecule has 0 unspecified atom stereocenters. The molecule has 1 saturated heterocycles. The molecule has 2 aromatic carbocycles. The Morgan fingerprint density at radius 3 is 2.59 bits per heavy atom. The molecule has 142 valence electrons. The van der Waals surface area contributed by atoms with Crippen LogP contribution in [0.4, 0.5) is 11.4 Å². The van der Waals surface area contributed by atoms with Crippen LogP contribution in [0.15, 0.2) is 53.4 Å². The Balaban J connectivity index is 1.79. The van der Waals surface area contributed by atoms with E-state index in [1.165, 1.54) is 37.4 Å². The maximum Gasteiger partial charge on any atom is 0.337 e.